The van der Waals surface area contributed by atoms with Crippen LogP contribution in [0.5, 0.6) is 0 Å². The lowest BCUT2D eigenvalue weighted by Crippen LogP contribution is -2.58. The Morgan fingerprint density at radius 1 is 1.05 bits per heavy atom. The van der Waals surface area contributed by atoms with Crippen LogP contribution in [0.3, 0.4) is 0 Å². The van der Waals surface area contributed by atoms with E-state index in [0.717, 1.165) is 43.5 Å². The maximum Gasteiger partial charge on any atom is 0.353 e. The molecule has 1 fully saturated rings. The molecule has 39 heavy (non-hydrogen) atoms. The molecular weight excluding hydrogens is 522 g/mol. The Hall–Kier alpha value is -3.60. The molecule has 2 aromatic heterocycles. The second-order valence-electron chi connectivity index (χ2n) is 10.2. The fourth-order valence-corrected chi connectivity index (χ4v) is 4.84. The van der Waals surface area contributed by atoms with Crippen molar-refractivity contribution >= 4 is 28.3 Å². The van der Waals surface area contributed by atoms with Gasteiger partial charge in [-0.15, -0.1) is 0 Å². The SMILES string of the molecule is CCc1oc2ccc(N=c3n(N)c(=O)n(CC4COC(C)(C)OC4)c(=O)n3Cc3ccc(Cl)cc3)cc2c1C. The zero-order valence-electron chi connectivity index (χ0n) is 22.4. The molecule has 1 aliphatic heterocycles. The van der Waals surface area contributed by atoms with Crippen molar-refractivity contribution in [3.8, 4) is 0 Å². The Morgan fingerprint density at radius 3 is 2.41 bits per heavy atom. The van der Waals surface area contributed by atoms with Crippen molar-refractivity contribution in [2.45, 2.75) is 53.0 Å². The third kappa shape index (κ3) is 5.45. The molecule has 0 radical (unpaired) electrons. The van der Waals surface area contributed by atoms with Gasteiger partial charge >= 0.3 is 11.4 Å². The number of nitrogen functional groups attached to an aromatic ring is 1. The lowest BCUT2D eigenvalue weighted by atomic mass is 10.1. The molecule has 3 heterocycles. The summed E-state index contributed by atoms with van der Waals surface area (Å²) in [6, 6.07) is 12.6. The predicted molar refractivity (Wildman–Crippen MR) is 149 cm³/mol. The van der Waals surface area contributed by atoms with E-state index >= 15 is 0 Å². The van der Waals surface area contributed by atoms with Crippen LogP contribution < -0.4 is 22.8 Å². The number of fused-ring (bicyclic) bond motifs is 1. The van der Waals surface area contributed by atoms with Gasteiger partial charge in [-0.3, -0.25) is 4.57 Å². The summed E-state index contributed by atoms with van der Waals surface area (Å²) >= 11 is 6.07. The number of aromatic nitrogens is 3. The highest BCUT2D eigenvalue weighted by atomic mass is 35.5. The second kappa shape index (κ2) is 10.5. The van der Waals surface area contributed by atoms with E-state index in [1.54, 1.807) is 18.2 Å². The first-order chi connectivity index (χ1) is 18.6. The van der Waals surface area contributed by atoms with Crippen molar-refractivity contribution in [2.75, 3.05) is 19.1 Å². The Labute approximate surface area is 229 Å². The first-order valence-corrected chi connectivity index (χ1v) is 13.2. The van der Waals surface area contributed by atoms with Crippen LogP contribution in [-0.2, 0) is 29.0 Å². The van der Waals surface area contributed by atoms with Crippen molar-refractivity contribution in [2.24, 2.45) is 10.9 Å². The first kappa shape index (κ1) is 27.0. The first-order valence-electron chi connectivity index (χ1n) is 12.9. The molecule has 0 saturated carbocycles. The summed E-state index contributed by atoms with van der Waals surface area (Å²) in [5.74, 6) is 6.31. The van der Waals surface area contributed by atoms with Crippen LogP contribution in [0.15, 0.2) is 61.5 Å². The van der Waals surface area contributed by atoms with E-state index in [0.29, 0.717) is 23.9 Å². The highest BCUT2D eigenvalue weighted by molar-refractivity contribution is 6.30. The number of aryl methyl sites for hydroxylation is 2. The Kier molecular flexibility index (Phi) is 7.28. The molecule has 0 amide bonds. The van der Waals surface area contributed by atoms with Gasteiger partial charge in [-0.2, -0.15) is 4.68 Å². The minimum atomic E-state index is -0.709. The van der Waals surface area contributed by atoms with Crippen LogP contribution in [0, 0.1) is 12.8 Å². The number of nitrogens with two attached hydrogens (primary N) is 1. The van der Waals surface area contributed by atoms with Crippen LogP contribution in [0.4, 0.5) is 5.69 Å². The average Bonchev–Trinajstić information content (AvgIpc) is 3.24. The maximum atomic E-state index is 13.8. The van der Waals surface area contributed by atoms with Crippen molar-refractivity contribution in [3.63, 3.8) is 0 Å². The van der Waals surface area contributed by atoms with Gasteiger partial charge in [0.1, 0.15) is 11.3 Å². The highest BCUT2D eigenvalue weighted by Gasteiger charge is 2.29. The third-order valence-corrected chi connectivity index (χ3v) is 7.20. The average molecular weight is 554 g/mol. The van der Waals surface area contributed by atoms with E-state index in [1.165, 1.54) is 4.57 Å². The number of furan rings is 1. The normalized spacial score (nSPS) is 16.3. The van der Waals surface area contributed by atoms with E-state index in [-0.39, 0.29) is 24.6 Å². The zero-order chi connectivity index (χ0) is 27.9. The molecule has 2 N–H and O–H groups in total. The standard InChI is InChI=1S/C28H32ClN5O5/c1-5-23-17(2)22-12-21(10-11-24(22)39-23)31-25-32(13-18-6-8-20(29)9-7-18)26(35)33(27(36)34(25)30)14-19-15-37-28(3,4)38-16-19/h6-12,19H,5,13-16,30H2,1-4H3. The number of benzene rings is 2. The highest BCUT2D eigenvalue weighted by Crippen LogP contribution is 2.29. The molecule has 0 bridgehead atoms. The number of hydrogen-bond donors (Lipinski definition) is 1. The summed E-state index contributed by atoms with van der Waals surface area (Å²) in [6.45, 7) is 8.58. The van der Waals surface area contributed by atoms with E-state index < -0.39 is 17.2 Å². The van der Waals surface area contributed by atoms with Crippen LogP contribution >= 0.6 is 11.6 Å². The largest absolute Gasteiger partial charge is 0.461 e. The zero-order valence-corrected chi connectivity index (χ0v) is 23.2. The Balaban J connectivity index is 1.64. The van der Waals surface area contributed by atoms with Gasteiger partial charge in [0.2, 0.25) is 5.62 Å². The van der Waals surface area contributed by atoms with Crippen molar-refractivity contribution in [1.29, 1.82) is 0 Å². The van der Waals surface area contributed by atoms with Gasteiger partial charge in [0.15, 0.2) is 5.79 Å². The monoisotopic (exact) mass is 553 g/mol. The summed E-state index contributed by atoms with van der Waals surface area (Å²) in [4.78, 5) is 31.9. The summed E-state index contributed by atoms with van der Waals surface area (Å²) in [6.07, 6.45) is 0.767. The van der Waals surface area contributed by atoms with Gasteiger partial charge in [0, 0.05) is 29.3 Å². The summed E-state index contributed by atoms with van der Waals surface area (Å²) in [7, 11) is 0. The molecule has 2 aromatic carbocycles. The topological polar surface area (TPSA) is 119 Å². The maximum absolute atomic E-state index is 13.8. The minimum absolute atomic E-state index is 0.0182. The molecular formula is C28H32ClN5O5. The summed E-state index contributed by atoms with van der Waals surface area (Å²) in [5.41, 5.74) is 1.91. The lowest BCUT2D eigenvalue weighted by molar-refractivity contribution is -0.263. The Bertz CT molecular complexity index is 1700. The molecule has 4 aromatic rings. The third-order valence-electron chi connectivity index (χ3n) is 6.95. The molecule has 206 valence electrons. The summed E-state index contributed by atoms with van der Waals surface area (Å²) in [5, 5.41) is 1.49. The smallest absolute Gasteiger partial charge is 0.353 e. The van der Waals surface area contributed by atoms with Crippen molar-refractivity contribution in [1.82, 2.24) is 13.8 Å². The van der Waals surface area contributed by atoms with Gasteiger partial charge in [-0.05, 0) is 62.2 Å². The lowest BCUT2D eigenvalue weighted by Gasteiger charge is -2.35. The fourth-order valence-electron chi connectivity index (χ4n) is 4.71. The molecule has 0 aliphatic carbocycles. The van der Waals surface area contributed by atoms with Gasteiger partial charge in [0.25, 0.3) is 0 Å². The van der Waals surface area contributed by atoms with Gasteiger partial charge in [-0.25, -0.2) is 19.1 Å². The molecule has 11 heteroatoms. The molecule has 0 unspecified atom stereocenters. The fraction of sp³-hybridized carbons (Fsp3) is 0.393. The molecule has 10 nitrogen and oxygen atoms in total. The number of ether oxygens (including phenoxy) is 2. The van der Waals surface area contributed by atoms with Crippen molar-refractivity contribution < 1.29 is 13.9 Å². The molecule has 1 saturated heterocycles. The minimum Gasteiger partial charge on any atom is -0.461 e. The number of halogens is 1. The van der Waals surface area contributed by atoms with E-state index in [9.17, 15) is 9.59 Å². The number of rotatable bonds is 6. The van der Waals surface area contributed by atoms with Crippen LogP contribution in [-0.4, -0.2) is 32.8 Å². The number of nitrogens with zero attached hydrogens (tertiary/aromatic N) is 4. The summed E-state index contributed by atoms with van der Waals surface area (Å²) < 4.78 is 20.8. The molecule has 1 aliphatic rings. The Morgan fingerprint density at radius 2 is 1.74 bits per heavy atom. The molecule has 0 atom stereocenters. The predicted octanol–water partition coefficient (Wildman–Crippen LogP) is 3.48. The second-order valence-corrected chi connectivity index (χ2v) is 10.7. The van der Waals surface area contributed by atoms with Crippen LogP contribution in [0.2, 0.25) is 5.02 Å². The van der Waals surface area contributed by atoms with Crippen molar-refractivity contribution in [3.05, 3.63) is 91.0 Å². The van der Waals surface area contributed by atoms with E-state index in [2.05, 4.69) is 4.99 Å². The quantitative estimate of drug-likeness (QED) is 0.365. The van der Waals surface area contributed by atoms with Crippen LogP contribution in [0.25, 0.3) is 11.0 Å². The van der Waals surface area contributed by atoms with Crippen LogP contribution in [0.1, 0.15) is 37.7 Å². The van der Waals surface area contributed by atoms with Gasteiger partial charge < -0.3 is 19.7 Å². The molecule has 0 spiro atoms. The van der Waals surface area contributed by atoms with E-state index in [1.807, 2.05) is 52.0 Å². The number of hydrogen-bond acceptors (Lipinski definition) is 7. The molecule has 5 rings (SSSR count). The van der Waals surface area contributed by atoms with E-state index in [4.69, 9.17) is 31.3 Å². The van der Waals surface area contributed by atoms with Gasteiger partial charge in [0.05, 0.1) is 25.4 Å². The van der Waals surface area contributed by atoms with Gasteiger partial charge in [-0.1, -0.05) is 30.7 Å².